The van der Waals surface area contributed by atoms with Crippen molar-refractivity contribution in [3.05, 3.63) is 0 Å². The molecule has 19 heavy (non-hydrogen) atoms. The van der Waals surface area contributed by atoms with Crippen LogP contribution in [-0.2, 0) is 4.74 Å². The second-order valence-corrected chi connectivity index (χ2v) is 7.06. The zero-order valence-electron chi connectivity index (χ0n) is 13.8. The van der Waals surface area contributed by atoms with Crippen molar-refractivity contribution in [1.29, 1.82) is 0 Å². The molecule has 0 amide bonds. The van der Waals surface area contributed by atoms with Gasteiger partial charge < -0.3 is 10.1 Å². The Morgan fingerprint density at radius 3 is 2.58 bits per heavy atom. The van der Waals surface area contributed by atoms with Crippen molar-refractivity contribution in [2.75, 3.05) is 26.2 Å². The molecule has 3 nitrogen and oxygen atoms in total. The van der Waals surface area contributed by atoms with Gasteiger partial charge in [-0.1, -0.05) is 6.92 Å². The van der Waals surface area contributed by atoms with Gasteiger partial charge in [-0.3, -0.25) is 4.90 Å². The lowest BCUT2D eigenvalue weighted by molar-refractivity contribution is -0.0123. The van der Waals surface area contributed by atoms with Gasteiger partial charge >= 0.3 is 0 Å². The molecule has 0 aromatic carbocycles. The van der Waals surface area contributed by atoms with Crippen molar-refractivity contribution < 1.29 is 4.74 Å². The largest absolute Gasteiger partial charge is 0.377 e. The second kappa shape index (κ2) is 7.61. The van der Waals surface area contributed by atoms with Gasteiger partial charge in [-0.2, -0.15) is 0 Å². The van der Waals surface area contributed by atoms with Crippen LogP contribution in [0.2, 0.25) is 0 Å². The summed E-state index contributed by atoms with van der Waals surface area (Å²) in [6.07, 6.45) is 2.95. The lowest BCUT2D eigenvalue weighted by atomic mass is 9.97. The standard InChI is InChI=1S/C16H34N2O/c1-7-19-15-9-8-10-18(12-15)14(3)13(2)11-17-16(4,5)6/h13-15,17H,7-12H2,1-6H3. The molecule has 0 bridgehead atoms. The summed E-state index contributed by atoms with van der Waals surface area (Å²) in [5.41, 5.74) is 0.212. The Balaban J connectivity index is 2.40. The summed E-state index contributed by atoms with van der Waals surface area (Å²) in [5, 5.41) is 3.62. The van der Waals surface area contributed by atoms with Gasteiger partial charge in [0.1, 0.15) is 0 Å². The van der Waals surface area contributed by atoms with E-state index in [1.165, 1.54) is 19.4 Å². The molecule has 0 aromatic heterocycles. The Morgan fingerprint density at radius 2 is 2.00 bits per heavy atom. The first-order chi connectivity index (χ1) is 8.83. The molecule has 1 saturated heterocycles. The lowest BCUT2D eigenvalue weighted by Crippen LogP contribution is -2.49. The minimum absolute atomic E-state index is 0.212. The fourth-order valence-corrected chi connectivity index (χ4v) is 2.71. The van der Waals surface area contributed by atoms with Crippen LogP contribution in [0, 0.1) is 5.92 Å². The van der Waals surface area contributed by atoms with Gasteiger partial charge in [-0.05, 0) is 66.5 Å². The van der Waals surface area contributed by atoms with Crippen molar-refractivity contribution >= 4 is 0 Å². The molecule has 3 unspecified atom stereocenters. The molecule has 0 spiro atoms. The van der Waals surface area contributed by atoms with Gasteiger partial charge in [0.05, 0.1) is 6.10 Å². The number of nitrogens with zero attached hydrogens (tertiary/aromatic N) is 1. The van der Waals surface area contributed by atoms with Crippen molar-refractivity contribution in [2.45, 2.75) is 72.1 Å². The van der Waals surface area contributed by atoms with Crippen molar-refractivity contribution in [3.63, 3.8) is 0 Å². The van der Waals surface area contributed by atoms with E-state index < -0.39 is 0 Å². The van der Waals surface area contributed by atoms with E-state index in [2.05, 4.69) is 51.8 Å². The van der Waals surface area contributed by atoms with Crippen LogP contribution in [0.25, 0.3) is 0 Å². The summed E-state index contributed by atoms with van der Waals surface area (Å²) in [6, 6.07) is 0.623. The number of nitrogens with one attached hydrogen (secondary N) is 1. The SMILES string of the molecule is CCOC1CCCN(C(C)C(C)CNC(C)(C)C)C1. The van der Waals surface area contributed by atoms with Crippen LogP contribution in [0.5, 0.6) is 0 Å². The molecular formula is C16H34N2O. The maximum Gasteiger partial charge on any atom is 0.0702 e. The normalized spacial score (nSPS) is 25.3. The van der Waals surface area contributed by atoms with Gasteiger partial charge in [0.2, 0.25) is 0 Å². The van der Waals surface area contributed by atoms with Crippen LogP contribution in [0.4, 0.5) is 0 Å². The number of hydrogen-bond acceptors (Lipinski definition) is 3. The van der Waals surface area contributed by atoms with Gasteiger partial charge in [-0.15, -0.1) is 0 Å². The van der Waals surface area contributed by atoms with E-state index in [1.54, 1.807) is 0 Å². The number of rotatable bonds is 6. The first-order valence-corrected chi connectivity index (χ1v) is 7.94. The third-order valence-corrected chi connectivity index (χ3v) is 4.17. The topological polar surface area (TPSA) is 24.5 Å². The summed E-state index contributed by atoms with van der Waals surface area (Å²) in [5.74, 6) is 0.666. The maximum atomic E-state index is 5.80. The predicted octanol–water partition coefficient (Wildman–Crippen LogP) is 2.90. The molecule has 3 atom stereocenters. The zero-order chi connectivity index (χ0) is 14.5. The maximum absolute atomic E-state index is 5.80. The quantitative estimate of drug-likeness (QED) is 0.803. The number of ether oxygens (including phenoxy) is 1. The molecule has 1 aliphatic rings. The Labute approximate surface area is 120 Å². The fourth-order valence-electron chi connectivity index (χ4n) is 2.71. The lowest BCUT2D eigenvalue weighted by Gasteiger charge is -2.39. The number of hydrogen-bond donors (Lipinski definition) is 1. The van der Waals surface area contributed by atoms with Gasteiger partial charge in [0, 0.05) is 24.7 Å². The highest BCUT2D eigenvalue weighted by molar-refractivity contribution is 4.82. The molecule has 1 N–H and O–H groups in total. The van der Waals surface area contributed by atoms with Crippen LogP contribution in [0.1, 0.15) is 54.4 Å². The zero-order valence-corrected chi connectivity index (χ0v) is 13.8. The first-order valence-electron chi connectivity index (χ1n) is 7.94. The highest BCUT2D eigenvalue weighted by Gasteiger charge is 2.27. The highest BCUT2D eigenvalue weighted by atomic mass is 16.5. The average molecular weight is 270 g/mol. The predicted molar refractivity (Wildman–Crippen MR) is 82.6 cm³/mol. The van der Waals surface area contributed by atoms with E-state index in [0.29, 0.717) is 18.1 Å². The van der Waals surface area contributed by atoms with E-state index in [-0.39, 0.29) is 5.54 Å². The smallest absolute Gasteiger partial charge is 0.0702 e. The minimum Gasteiger partial charge on any atom is -0.377 e. The van der Waals surface area contributed by atoms with E-state index in [0.717, 1.165) is 19.7 Å². The molecule has 114 valence electrons. The minimum atomic E-state index is 0.212. The number of piperidine rings is 1. The van der Waals surface area contributed by atoms with Crippen molar-refractivity contribution in [1.82, 2.24) is 10.2 Å². The van der Waals surface area contributed by atoms with Crippen molar-refractivity contribution in [2.24, 2.45) is 5.92 Å². The molecule has 0 aliphatic carbocycles. The molecule has 0 aromatic rings. The van der Waals surface area contributed by atoms with Gasteiger partial charge in [0.15, 0.2) is 0 Å². The third kappa shape index (κ3) is 6.24. The molecule has 0 radical (unpaired) electrons. The van der Waals surface area contributed by atoms with E-state index in [9.17, 15) is 0 Å². The summed E-state index contributed by atoms with van der Waals surface area (Å²) < 4.78 is 5.80. The monoisotopic (exact) mass is 270 g/mol. The number of likely N-dealkylation sites (tertiary alicyclic amines) is 1. The van der Waals surface area contributed by atoms with E-state index in [1.807, 2.05) is 0 Å². The molecule has 0 saturated carbocycles. The summed E-state index contributed by atoms with van der Waals surface area (Å²) in [6.45, 7) is 17.8. The summed E-state index contributed by atoms with van der Waals surface area (Å²) >= 11 is 0. The Hall–Kier alpha value is -0.120. The second-order valence-electron chi connectivity index (χ2n) is 7.06. The Bertz CT molecular complexity index is 248. The van der Waals surface area contributed by atoms with Crippen LogP contribution in [-0.4, -0.2) is 48.8 Å². The van der Waals surface area contributed by atoms with Crippen LogP contribution in [0.3, 0.4) is 0 Å². The van der Waals surface area contributed by atoms with Crippen LogP contribution < -0.4 is 5.32 Å². The fraction of sp³-hybridized carbons (Fsp3) is 1.00. The molecular weight excluding hydrogens is 236 g/mol. The van der Waals surface area contributed by atoms with Gasteiger partial charge in [0.25, 0.3) is 0 Å². The Kier molecular flexibility index (Phi) is 6.78. The molecule has 1 heterocycles. The van der Waals surface area contributed by atoms with Crippen molar-refractivity contribution in [3.8, 4) is 0 Å². The van der Waals surface area contributed by atoms with E-state index in [4.69, 9.17) is 4.74 Å². The van der Waals surface area contributed by atoms with Gasteiger partial charge in [-0.25, -0.2) is 0 Å². The molecule has 1 fully saturated rings. The molecule has 3 heteroatoms. The first kappa shape index (κ1) is 16.9. The van der Waals surface area contributed by atoms with E-state index >= 15 is 0 Å². The Morgan fingerprint density at radius 1 is 1.32 bits per heavy atom. The summed E-state index contributed by atoms with van der Waals surface area (Å²) in [7, 11) is 0. The van der Waals surface area contributed by atoms with Crippen LogP contribution in [0.15, 0.2) is 0 Å². The summed E-state index contributed by atoms with van der Waals surface area (Å²) in [4.78, 5) is 2.61. The molecule has 1 rings (SSSR count). The molecule has 1 aliphatic heterocycles. The van der Waals surface area contributed by atoms with Crippen LogP contribution >= 0.6 is 0 Å². The highest BCUT2D eigenvalue weighted by Crippen LogP contribution is 2.19. The average Bonchev–Trinajstić information content (AvgIpc) is 2.35. The third-order valence-electron chi connectivity index (χ3n) is 4.17.